The molecule has 0 saturated carbocycles. The summed E-state index contributed by atoms with van der Waals surface area (Å²) < 4.78 is 0. The molecule has 1 nitrogen and oxygen atoms in total. The molecule has 0 heterocycles. The highest BCUT2D eigenvalue weighted by Crippen LogP contribution is 2.21. The van der Waals surface area contributed by atoms with Crippen molar-refractivity contribution in [3.05, 3.63) is 11.6 Å². The maximum Gasteiger partial charge on any atom is 0.0228 e. The van der Waals surface area contributed by atoms with Gasteiger partial charge in [0.1, 0.15) is 0 Å². The van der Waals surface area contributed by atoms with Crippen molar-refractivity contribution in [3.63, 3.8) is 0 Å². The molecule has 0 spiro atoms. The Morgan fingerprint density at radius 1 is 1.67 bits per heavy atom. The molecule has 0 aromatic carbocycles. The van der Waals surface area contributed by atoms with E-state index in [0.29, 0.717) is 6.04 Å². The number of hydrogen-bond acceptors (Lipinski definition) is 1. The van der Waals surface area contributed by atoms with Crippen LogP contribution in [0.4, 0.5) is 0 Å². The standard InChI is InChI=1S/C8H15N/c1-6-3-7(2)5-8(9)4-6/h4,7-8H,3,5,9H2,1-2H3/t7-,8?/m1/s1. The normalized spacial score (nSPS) is 36.1. The second-order valence-electron chi connectivity index (χ2n) is 3.22. The van der Waals surface area contributed by atoms with Crippen molar-refractivity contribution < 1.29 is 0 Å². The summed E-state index contributed by atoms with van der Waals surface area (Å²) >= 11 is 0. The average molecular weight is 125 g/mol. The maximum absolute atomic E-state index is 5.74. The third-order valence-corrected chi connectivity index (χ3v) is 1.84. The van der Waals surface area contributed by atoms with E-state index in [4.69, 9.17) is 5.73 Å². The molecule has 0 aromatic heterocycles. The molecule has 0 aromatic rings. The highest BCUT2D eigenvalue weighted by atomic mass is 14.6. The summed E-state index contributed by atoms with van der Waals surface area (Å²) in [6, 6.07) is 0.328. The second-order valence-corrected chi connectivity index (χ2v) is 3.22. The van der Waals surface area contributed by atoms with Gasteiger partial charge in [-0.2, -0.15) is 0 Å². The highest BCUT2D eigenvalue weighted by Gasteiger charge is 2.12. The van der Waals surface area contributed by atoms with Gasteiger partial charge in [0.05, 0.1) is 0 Å². The molecule has 1 aliphatic carbocycles. The largest absolute Gasteiger partial charge is 0.324 e. The van der Waals surface area contributed by atoms with Gasteiger partial charge >= 0.3 is 0 Å². The van der Waals surface area contributed by atoms with E-state index in [-0.39, 0.29) is 0 Å². The molecule has 2 N–H and O–H groups in total. The summed E-state index contributed by atoms with van der Waals surface area (Å²) in [7, 11) is 0. The lowest BCUT2D eigenvalue weighted by Gasteiger charge is -2.21. The van der Waals surface area contributed by atoms with Crippen molar-refractivity contribution in [2.45, 2.75) is 32.7 Å². The fourth-order valence-electron chi connectivity index (χ4n) is 1.60. The predicted molar refractivity (Wildman–Crippen MR) is 40.1 cm³/mol. The van der Waals surface area contributed by atoms with Crippen LogP contribution in [0.1, 0.15) is 26.7 Å². The van der Waals surface area contributed by atoms with Gasteiger partial charge in [-0.05, 0) is 25.7 Å². The Bertz CT molecular complexity index is 127. The van der Waals surface area contributed by atoms with Crippen LogP contribution < -0.4 is 5.73 Å². The van der Waals surface area contributed by atoms with E-state index in [1.807, 2.05) is 0 Å². The van der Waals surface area contributed by atoms with Crippen LogP contribution in [0.5, 0.6) is 0 Å². The number of nitrogens with two attached hydrogens (primary N) is 1. The minimum absolute atomic E-state index is 0.328. The van der Waals surface area contributed by atoms with Gasteiger partial charge in [0.15, 0.2) is 0 Å². The van der Waals surface area contributed by atoms with Crippen LogP contribution in [0, 0.1) is 5.92 Å². The maximum atomic E-state index is 5.74. The summed E-state index contributed by atoms with van der Waals surface area (Å²) in [6.07, 6.45) is 4.59. The molecule has 0 saturated heterocycles. The van der Waals surface area contributed by atoms with Crippen molar-refractivity contribution in [2.75, 3.05) is 0 Å². The molecule has 9 heavy (non-hydrogen) atoms. The first kappa shape index (κ1) is 6.81. The Labute approximate surface area is 56.9 Å². The van der Waals surface area contributed by atoms with Gasteiger partial charge < -0.3 is 5.73 Å². The van der Waals surface area contributed by atoms with Crippen LogP contribution in [-0.4, -0.2) is 6.04 Å². The number of allylic oxidation sites excluding steroid dienone is 1. The van der Waals surface area contributed by atoms with E-state index in [2.05, 4.69) is 19.9 Å². The molecule has 0 aliphatic heterocycles. The Morgan fingerprint density at radius 3 is 2.78 bits per heavy atom. The fourth-order valence-corrected chi connectivity index (χ4v) is 1.60. The van der Waals surface area contributed by atoms with E-state index in [1.165, 1.54) is 12.0 Å². The molecule has 1 unspecified atom stereocenters. The van der Waals surface area contributed by atoms with Crippen LogP contribution in [0.15, 0.2) is 11.6 Å². The molecular formula is C8H15N. The Kier molecular flexibility index (Phi) is 1.91. The van der Waals surface area contributed by atoms with E-state index in [0.717, 1.165) is 12.3 Å². The third-order valence-electron chi connectivity index (χ3n) is 1.84. The third kappa shape index (κ3) is 1.83. The lowest BCUT2D eigenvalue weighted by atomic mass is 9.88. The van der Waals surface area contributed by atoms with Gasteiger partial charge in [0.25, 0.3) is 0 Å². The Morgan fingerprint density at radius 2 is 2.33 bits per heavy atom. The molecule has 2 atom stereocenters. The molecule has 0 radical (unpaired) electrons. The highest BCUT2D eigenvalue weighted by molar-refractivity contribution is 5.08. The van der Waals surface area contributed by atoms with Gasteiger partial charge in [-0.15, -0.1) is 0 Å². The minimum Gasteiger partial charge on any atom is -0.324 e. The molecule has 52 valence electrons. The van der Waals surface area contributed by atoms with Crippen LogP contribution >= 0.6 is 0 Å². The molecule has 0 fully saturated rings. The average Bonchev–Trinajstić information content (AvgIpc) is 1.59. The van der Waals surface area contributed by atoms with Crippen molar-refractivity contribution in [1.29, 1.82) is 0 Å². The first-order chi connectivity index (χ1) is 4.18. The summed E-state index contributed by atoms with van der Waals surface area (Å²) in [5.41, 5.74) is 7.20. The molecule has 1 rings (SSSR count). The van der Waals surface area contributed by atoms with E-state index in [1.54, 1.807) is 0 Å². The molecule has 0 amide bonds. The smallest absolute Gasteiger partial charge is 0.0228 e. The number of rotatable bonds is 0. The van der Waals surface area contributed by atoms with Crippen molar-refractivity contribution in [2.24, 2.45) is 11.7 Å². The van der Waals surface area contributed by atoms with Crippen LogP contribution in [-0.2, 0) is 0 Å². The van der Waals surface area contributed by atoms with Gasteiger partial charge in [0, 0.05) is 6.04 Å². The summed E-state index contributed by atoms with van der Waals surface area (Å²) in [6.45, 7) is 4.42. The Hall–Kier alpha value is -0.300. The quantitative estimate of drug-likeness (QED) is 0.490. The lowest BCUT2D eigenvalue weighted by Crippen LogP contribution is -2.24. The minimum atomic E-state index is 0.328. The zero-order valence-electron chi connectivity index (χ0n) is 6.22. The van der Waals surface area contributed by atoms with E-state index < -0.39 is 0 Å². The fraction of sp³-hybridized carbons (Fsp3) is 0.750. The van der Waals surface area contributed by atoms with Crippen molar-refractivity contribution in [1.82, 2.24) is 0 Å². The first-order valence-corrected chi connectivity index (χ1v) is 3.61. The number of hydrogen-bond donors (Lipinski definition) is 1. The van der Waals surface area contributed by atoms with Gasteiger partial charge in [-0.25, -0.2) is 0 Å². The van der Waals surface area contributed by atoms with Crippen LogP contribution in [0.25, 0.3) is 0 Å². The topological polar surface area (TPSA) is 26.0 Å². The SMILES string of the molecule is CC1=CC(N)C[C@H](C)C1. The van der Waals surface area contributed by atoms with Gasteiger partial charge in [0.2, 0.25) is 0 Å². The van der Waals surface area contributed by atoms with Crippen molar-refractivity contribution >= 4 is 0 Å². The van der Waals surface area contributed by atoms with E-state index >= 15 is 0 Å². The monoisotopic (exact) mass is 125 g/mol. The zero-order valence-corrected chi connectivity index (χ0v) is 6.22. The molecule has 1 aliphatic rings. The van der Waals surface area contributed by atoms with Crippen LogP contribution in [0.3, 0.4) is 0 Å². The molecule has 0 bridgehead atoms. The first-order valence-electron chi connectivity index (χ1n) is 3.61. The zero-order chi connectivity index (χ0) is 6.85. The van der Waals surface area contributed by atoms with Gasteiger partial charge in [-0.3, -0.25) is 0 Å². The summed E-state index contributed by atoms with van der Waals surface area (Å²) in [5, 5.41) is 0. The molecular weight excluding hydrogens is 110 g/mol. The van der Waals surface area contributed by atoms with Gasteiger partial charge in [-0.1, -0.05) is 18.6 Å². The lowest BCUT2D eigenvalue weighted by molar-refractivity contribution is 0.472. The second kappa shape index (κ2) is 2.53. The predicted octanol–water partition coefficient (Wildman–Crippen LogP) is 1.69. The summed E-state index contributed by atoms with van der Waals surface area (Å²) in [5.74, 6) is 0.796. The molecule has 1 heteroatoms. The van der Waals surface area contributed by atoms with Crippen LogP contribution in [0.2, 0.25) is 0 Å². The van der Waals surface area contributed by atoms with Crippen molar-refractivity contribution in [3.8, 4) is 0 Å². The van der Waals surface area contributed by atoms with E-state index in [9.17, 15) is 0 Å². The summed E-state index contributed by atoms with van der Waals surface area (Å²) in [4.78, 5) is 0. The Balaban J connectivity index is 2.56.